The fraction of sp³-hybridized carbons (Fsp3) is 0.333. The molecule has 2 aromatic carbocycles. The molecule has 0 aliphatic carbocycles. The van der Waals surface area contributed by atoms with Gasteiger partial charge in [0.15, 0.2) is 0 Å². The van der Waals surface area contributed by atoms with Crippen LogP contribution in [0.4, 0.5) is 5.69 Å². The predicted octanol–water partition coefficient (Wildman–Crippen LogP) is 4.52. The average molecular weight is 333 g/mol. The van der Waals surface area contributed by atoms with E-state index in [1.165, 1.54) is 21.0 Å². The van der Waals surface area contributed by atoms with Crippen LogP contribution in [-0.2, 0) is 0 Å². The first-order valence-electron chi connectivity index (χ1n) is 7.65. The van der Waals surface area contributed by atoms with Crippen molar-refractivity contribution in [2.24, 2.45) is 0 Å². The van der Waals surface area contributed by atoms with Gasteiger partial charge in [-0.25, -0.2) is 0 Å². The molecule has 1 heterocycles. The molecule has 1 N–H and O–H groups in total. The number of nitrogens with zero attached hydrogens (tertiary/aromatic N) is 1. The molecule has 0 spiro atoms. The first-order valence-corrected chi connectivity index (χ1v) is 8.84. The third-order valence-corrected chi connectivity index (χ3v) is 5.88. The molecule has 4 heteroatoms. The van der Waals surface area contributed by atoms with Crippen LogP contribution in [0, 0.1) is 13.8 Å². The molecular formula is C18H21ClN2S. The van der Waals surface area contributed by atoms with Crippen LogP contribution >= 0.6 is 23.4 Å². The summed E-state index contributed by atoms with van der Waals surface area (Å²) in [4.78, 5) is 5.00. The van der Waals surface area contributed by atoms with Crippen LogP contribution in [0.1, 0.15) is 11.1 Å². The third kappa shape index (κ3) is 3.27. The Morgan fingerprint density at radius 2 is 1.73 bits per heavy atom. The minimum Gasteiger partial charge on any atom is -0.368 e. The van der Waals surface area contributed by atoms with Crippen molar-refractivity contribution in [2.45, 2.75) is 23.6 Å². The second-order valence-electron chi connectivity index (χ2n) is 5.63. The highest BCUT2D eigenvalue weighted by Gasteiger charge is 2.15. The van der Waals surface area contributed by atoms with Crippen LogP contribution in [-0.4, -0.2) is 26.2 Å². The second kappa shape index (κ2) is 6.95. The molecular weight excluding hydrogens is 312 g/mol. The summed E-state index contributed by atoms with van der Waals surface area (Å²) in [6, 6.07) is 12.9. The van der Waals surface area contributed by atoms with E-state index in [1.807, 2.05) is 11.8 Å². The molecule has 2 aromatic rings. The van der Waals surface area contributed by atoms with Crippen molar-refractivity contribution in [3.05, 3.63) is 52.5 Å². The lowest BCUT2D eigenvalue weighted by Gasteiger charge is -2.31. The van der Waals surface area contributed by atoms with Gasteiger partial charge in [-0.1, -0.05) is 41.6 Å². The lowest BCUT2D eigenvalue weighted by molar-refractivity contribution is 0.587. The van der Waals surface area contributed by atoms with E-state index in [9.17, 15) is 0 Å². The average Bonchev–Trinajstić information content (AvgIpc) is 2.57. The molecule has 22 heavy (non-hydrogen) atoms. The van der Waals surface area contributed by atoms with E-state index in [2.05, 4.69) is 60.5 Å². The molecule has 1 aliphatic rings. The van der Waals surface area contributed by atoms with Crippen LogP contribution in [0.15, 0.2) is 46.2 Å². The first-order chi connectivity index (χ1) is 10.7. The Hall–Kier alpha value is -1.16. The minimum absolute atomic E-state index is 0.879. The van der Waals surface area contributed by atoms with Crippen molar-refractivity contribution in [1.82, 2.24) is 5.32 Å². The number of hydrogen-bond donors (Lipinski definition) is 1. The van der Waals surface area contributed by atoms with Crippen LogP contribution < -0.4 is 10.2 Å². The summed E-state index contributed by atoms with van der Waals surface area (Å²) < 4.78 is 0. The molecule has 0 saturated carbocycles. The van der Waals surface area contributed by atoms with Crippen molar-refractivity contribution < 1.29 is 0 Å². The van der Waals surface area contributed by atoms with Crippen molar-refractivity contribution in [2.75, 3.05) is 31.1 Å². The molecule has 0 aromatic heterocycles. The molecule has 1 fully saturated rings. The van der Waals surface area contributed by atoms with Crippen LogP contribution in [0.3, 0.4) is 0 Å². The smallest absolute Gasteiger partial charge is 0.0508 e. The van der Waals surface area contributed by atoms with Crippen molar-refractivity contribution in [1.29, 1.82) is 0 Å². The van der Waals surface area contributed by atoms with Gasteiger partial charge in [-0.2, -0.15) is 0 Å². The lowest BCUT2D eigenvalue weighted by atomic mass is 10.1. The maximum Gasteiger partial charge on any atom is 0.0508 e. The number of piperazine rings is 1. The second-order valence-corrected chi connectivity index (χ2v) is 7.09. The molecule has 0 atom stereocenters. The topological polar surface area (TPSA) is 15.3 Å². The number of para-hydroxylation sites is 1. The van der Waals surface area contributed by atoms with E-state index < -0.39 is 0 Å². The molecule has 1 aliphatic heterocycles. The highest BCUT2D eigenvalue weighted by molar-refractivity contribution is 7.99. The Morgan fingerprint density at radius 3 is 2.50 bits per heavy atom. The highest BCUT2D eigenvalue weighted by atomic mass is 35.5. The van der Waals surface area contributed by atoms with Crippen LogP contribution in [0.5, 0.6) is 0 Å². The van der Waals surface area contributed by atoms with Gasteiger partial charge in [0.1, 0.15) is 0 Å². The van der Waals surface area contributed by atoms with E-state index in [4.69, 9.17) is 11.6 Å². The summed E-state index contributed by atoms with van der Waals surface area (Å²) in [7, 11) is 0. The van der Waals surface area contributed by atoms with Crippen molar-refractivity contribution in [3.63, 3.8) is 0 Å². The summed E-state index contributed by atoms with van der Waals surface area (Å²) in [5, 5.41) is 4.29. The van der Waals surface area contributed by atoms with Crippen LogP contribution in [0.25, 0.3) is 0 Å². The molecule has 2 nitrogen and oxygen atoms in total. The quantitative estimate of drug-likeness (QED) is 0.889. The zero-order valence-electron chi connectivity index (χ0n) is 13.0. The number of anilines is 1. The Kier molecular flexibility index (Phi) is 4.97. The van der Waals surface area contributed by atoms with Gasteiger partial charge >= 0.3 is 0 Å². The fourth-order valence-corrected chi connectivity index (χ4v) is 4.04. The largest absolute Gasteiger partial charge is 0.368 e. The Morgan fingerprint density at radius 1 is 1.00 bits per heavy atom. The number of aryl methyl sites for hydroxylation is 1. The summed E-state index contributed by atoms with van der Waals surface area (Å²) in [6.07, 6.45) is 0. The van der Waals surface area contributed by atoms with Gasteiger partial charge in [-0.05, 0) is 43.2 Å². The summed E-state index contributed by atoms with van der Waals surface area (Å²) >= 11 is 8.22. The van der Waals surface area contributed by atoms with Gasteiger partial charge in [0.2, 0.25) is 0 Å². The molecule has 3 rings (SSSR count). The van der Waals surface area contributed by atoms with Gasteiger partial charge in [0, 0.05) is 41.0 Å². The summed E-state index contributed by atoms with van der Waals surface area (Å²) in [6.45, 7) is 8.38. The lowest BCUT2D eigenvalue weighted by Crippen LogP contribution is -2.43. The Bertz CT molecular complexity index is 666. The number of halogens is 1. The number of rotatable bonds is 3. The third-order valence-electron chi connectivity index (χ3n) is 4.07. The van der Waals surface area contributed by atoms with E-state index in [0.717, 1.165) is 36.8 Å². The standard InChI is InChI=1S/C18H21ClN2S/c1-13-7-8-16(14(2)18(13)19)22-17-6-4-3-5-15(17)21-11-9-20-10-12-21/h3-8,20H,9-12H2,1-2H3. The highest BCUT2D eigenvalue weighted by Crippen LogP contribution is 2.39. The number of benzene rings is 2. The van der Waals surface area contributed by atoms with Gasteiger partial charge in [0.25, 0.3) is 0 Å². The normalized spacial score (nSPS) is 15.1. The van der Waals surface area contributed by atoms with Crippen LogP contribution in [0.2, 0.25) is 5.02 Å². The maximum absolute atomic E-state index is 6.41. The fourth-order valence-electron chi connectivity index (χ4n) is 2.74. The van der Waals surface area contributed by atoms with E-state index in [0.29, 0.717) is 0 Å². The maximum atomic E-state index is 6.41. The molecule has 0 bridgehead atoms. The van der Waals surface area contributed by atoms with Crippen molar-refractivity contribution in [3.8, 4) is 0 Å². The number of nitrogens with one attached hydrogen (secondary N) is 1. The van der Waals surface area contributed by atoms with Gasteiger partial charge in [-0.15, -0.1) is 0 Å². The molecule has 1 saturated heterocycles. The molecule has 0 radical (unpaired) electrons. The molecule has 0 unspecified atom stereocenters. The summed E-state index contributed by atoms with van der Waals surface area (Å²) in [5.41, 5.74) is 3.63. The van der Waals surface area contributed by atoms with E-state index >= 15 is 0 Å². The van der Waals surface area contributed by atoms with Gasteiger partial charge in [0.05, 0.1) is 5.69 Å². The van der Waals surface area contributed by atoms with Gasteiger partial charge in [-0.3, -0.25) is 0 Å². The zero-order valence-corrected chi connectivity index (χ0v) is 14.6. The molecule has 116 valence electrons. The summed E-state index contributed by atoms with van der Waals surface area (Å²) in [5.74, 6) is 0. The zero-order chi connectivity index (χ0) is 15.5. The minimum atomic E-state index is 0.879. The Balaban J connectivity index is 1.91. The van der Waals surface area contributed by atoms with E-state index in [1.54, 1.807) is 0 Å². The van der Waals surface area contributed by atoms with Gasteiger partial charge < -0.3 is 10.2 Å². The monoisotopic (exact) mass is 332 g/mol. The first kappa shape index (κ1) is 15.7. The van der Waals surface area contributed by atoms with E-state index in [-0.39, 0.29) is 0 Å². The predicted molar refractivity (Wildman–Crippen MR) is 96.6 cm³/mol. The molecule has 0 amide bonds. The van der Waals surface area contributed by atoms with Crippen molar-refractivity contribution >= 4 is 29.1 Å². The number of hydrogen-bond acceptors (Lipinski definition) is 3. The Labute approximate surface area is 141 Å². The SMILES string of the molecule is Cc1ccc(Sc2ccccc2N2CCNCC2)c(C)c1Cl.